The fraction of sp³-hybridized carbons (Fsp3) is 0.577. The summed E-state index contributed by atoms with van der Waals surface area (Å²) in [6.45, 7) is 9.91. The average Bonchev–Trinajstić information content (AvgIpc) is 3.02. The van der Waals surface area contributed by atoms with E-state index in [0.717, 1.165) is 19.6 Å². The van der Waals surface area contributed by atoms with Crippen molar-refractivity contribution in [2.45, 2.75) is 52.6 Å². The van der Waals surface area contributed by atoms with Crippen LogP contribution in [0.25, 0.3) is 0 Å². The molecule has 1 aromatic rings. The number of aryl methyl sites for hydroxylation is 1. The second-order valence-corrected chi connectivity index (χ2v) is 9.94. The molecule has 0 aromatic heterocycles. The van der Waals surface area contributed by atoms with Crippen LogP contribution in [0.5, 0.6) is 0 Å². The predicted molar refractivity (Wildman–Crippen MR) is 123 cm³/mol. The van der Waals surface area contributed by atoms with Crippen LogP contribution < -0.4 is 0 Å². The van der Waals surface area contributed by atoms with Gasteiger partial charge in [0.2, 0.25) is 17.7 Å². The fourth-order valence-electron chi connectivity index (χ4n) is 5.30. The van der Waals surface area contributed by atoms with Crippen LogP contribution in [0, 0.1) is 24.7 Å². The summed E-state index contributed by atoms with van der Waals surface area (Å²) in [6.07, 6.45) is 5.70. The fourth-order valence-corrected chi connectivity index (χ4v) is 5.30. The number of allylic oxidation sites excluding steroid dienone is 2. The van der Waals surface area contributed by atoms with Gasteiger partial charge in [0, 0.05) is 32.7 Å². The quantitative estimate of drug-likeness (QED) is 0.507. The molecule has 172 valence electrons. The van der Waals surface area contributed by atoms with Crippen LogP contribution in [0.15, 0.2) is 36.4 Å². The highest BCUT2D eigenvalue weighted by atomic mass is 16.2. The van der Waals surface area contributed by atoms with Crippen LogP contribution in [-0.4, -0.2) is 64.6 Å². The third-order valence-corrected chi connectivity index (χ3v) is 7.01. The van der Waals surface area contributed by atoms with Gasteiger partial charge in [0.05, 0.1) is 11.8 Å². The molecule has 0 saturated carbocycles. The van der Waals surface area contributed by atoms with Crippen molar-refractivity contribution in [2.75, 3.05) is 26.2 Å². The second kappa shape index (κ2) is 9.57. The maximum absolute atomic E-state index is 13.6. The molecular formula is C26H35N3O3. The highest BCUT2D eigenvalue weighted by molar-refractivity contribution is 6.08. The van der Waals surface area contributed by atoms with E-state index >= 15 is 0 Å². The lowest BCUT2D eigenvalue weighted by molar-refractivity contribution is -0.153. The lowest BCUT2D eigenvalue weighted by Gasteiger charge is -2.38. The molecule has 3 atom stereocenters. The molecule has 1 aromatic carbocycles. The Morgan fingerprint density at radius 2 is 1.62 bits per heavy atom. The molecule has 2 heterocycles. The highest BCUT2D eigenvalue weighted by Crippen LogP contribution is 2.37. The number of fused-ring (bicyclic) bond motifs is 1. The molecule has 32 heavy (non-hydrogen) atoms. The summed E-state index contributed by atoms with van der Waals surface area (Å²) in [4.78, 5) is 45.4. The molecule has 3 aliphatic rings. The van der Waals surface area contributed by atoms with Crippen molar-refractivity contribution in [3.05, 3.63) is 47.5 Å². The zero-order chi connectivity index (χ0) is 22.8. The first-order valence-corrected chi connectivity index (χ1v) is 11.9. The number of carbonyl (C=O) groups excluding carboxylic acids is 3. The number of rotatable bonds is 6. The van der Waals surface area contributed by atoms with Crippen molar-refractivity contribution in [3.63, 3.8) is 0 Å². The SMILES string of the molecule is Cc1cccc(CN2CCN(C(=O)C(CC(C)C)N3C(=O)C4CC=CCC4C3=O)CC2)c1. The van der Waals surface area contributed by atoms with E-state index in [1.807, 2.05) is 30.9 Å². The smallest absolute Gasteiger partial charge is 0.245 e. The number of hydrogen-bond donors (Lipinski definition) is 0. The molecule has 2 saturated heterocycles. The van der Waals surface area contributed by atoms with Gasteiger partial charge in [0.1, 0.15) is 6.04 Å². The molecule has 0 bridgehead atoms. The predicted octanol–water partition coefficient (Wildman–Crippen LogP) is 3.01. The van der Waals surface area contributed by atoms with Crippen molar-refractivity contribution < 1.29 is 14.4 Å². The summed E-state index contributed by atoms with van der Waals surface area (Å²) in [6, 6.07) is 7.85. The van der Waals surface area contributed by atoms with Crippen molar-refractivity contribution in [1.29, 1.82) is 0 Å². The van der Waals surface area contributed by atoms with Crippen molar-refractivity contribution >= 4 is 17.7 Å². The number of likely N-dealkylation sites (tertiary alicyclic amines) is 1. The van der Waals surface area contributed by atoms with Crippen LogP contribution >= 0.6 is 0 Å². The first-order chi connectivity index (χ1) is 15.3. The van der Waals surface area contributed by atoms with E-state index in [9.17, 15) is 14.4 Å². The Balaban J connectivity index is 1.43. The minimum Gasteiger partial charge on any atom is -0.338 e. The molecule has 2 fully saturated rings. The average molecular weight is 438 g/mol. The lowest BCUT2D eigenvalue weighted by Crippen LogP contribution is -2.56. The molecule has 2 aliphatic heterocycles. The molecule has 0 radical (unpaired) electrons. The topological polar surface area (TPSA) is 60.9 Å². The molecular weight excluding hydrogens is 402 g/mol. The van der Waals surface area contributed by atoms with Crippen LogP contribution in [0.2, 0.25) is 0 Å². The molecule has 3 amide bonds. The standard InChI is InChI=1S/C26H35N3O3/c1-18(2)15-23(29-24(30)21-9-4-5-10-22(21)25(29)31)26(32)28-13-11-27(12-14-28)17-20-8-6-7-19(3)16-20/h4-8,16,18,21-23H,9-15,17H2,1-3H3. The molecule has 0 N–H and O–H groups in total. The van der Waals surface area contributed by atoms with Crippen molar-refractivity contribution in [2.24, 2.45) is 17.8 Å². The molecule has 0 spiro atoms. The van der Waals surface area contributed by atoms with E-state index < -0.39 is 6.04 Å². The summed E-state index contributed by atoms with van der Waals surface area (Å²) in [5.74, 6) is -0.736. The number of piperazine rings is 1. The number of carbonyl (C=O) groups is 3. The maximum Gasteiger partial charge on any atom is 0.245 e. The van der Waals surface area contributed by atoms with Gasteiger partial charge >= 0.3 is 0 Å². The summed E-state index contributed by atoms with van der Waals surface area (Å²) in [5.41, 5.74) is 2.54. The third-order valence-electron chi connectivity index (χ3n) is 7.01. The number of amides is 3. The maximum atomic E-state index is 13.6. The zero-order valence-electron chi connectivity index (χ0n) is 19.5. The van der Waals surface area contributed by atoms with Gasteiger partial charge in [-0.3, -0.25) is 24.2 Å². The number of nitrogens with zero attached hydrogens (tertiary/aromatic N) is 3. The lowest BCUT2D eigenvalue weighted by atomic mass is 9.85. The van der Waals surface area contributed by atoms with Gasteiger partial charge in [0.15, 0.2) is 0 Å². The monoisotopic (exact) mass is 437 g/mol. The Bertz CT molecular complexity index is 875. The molecule has 6 heteroatoms. The van der Waals surface area contributed by atoms with Crippen LogP contribution in [0.3, 0.4) is 0 Å². The second-order valence-electron chi connectivity index (χ2n) is 9.94. The van der Waals surface area contributed by atoms with Crippen LogP contribution in [0.1, 0.15) is 44.2 Å². The van der Waals surface area contributed by atoms with Gasteiger partial charge in [-0.1, -0.05) is 55.8 Å². The van der Waals surface area contributed by atoms with Crippen molar-refractivity contribution in [1.82, 2.24) is 14.7 Å². The van der Waals surface area contributed by atoms with E-state index in [1.54, 1.807) is 0 Å². The van der Waals surface area contributed by atoms with E-state index in [2.05, 4.69) is 36.1 Å². The van der Waals surface area contributed by atoms with Crippen molar-refractivity contribution in [3.8, 4) is 0 Å². The van der Waals surface area contributed by atoms with Gasteiger partial charge in [-0.15, -0.1) is 0 Å². The molecule has 3 unspecified atom stereocenters. The molecule has 1 aliphatic carbocycles. The van der Waals surface area contributed by atoms with Gasteiger partial charge in [-0.05, 0) is 37.7 Å². The third kappa shape index (κ3) is 4.65. The first kappa shape index (κ1) is 22.7. The number of benzene rings is 1. The van der Waals surface area contributed by atoms with Crippen LogP contribution in [-0.2, 0) is 20.9 Å². The zero-order valence-corrected chi connectivity index (χ0v) is 19.5. The van der Waals surface area contributed by atoms with E-state index in [0.29, 0.717) is 32.4 Å². The van der Waals surface area contributed by atoms with Gasteiger partial charge in [0.25, 0.3) is 0 Å². The summed E-state index contributed by atoms with van der Waals surface area (Å²) >= 11 is 0. The Morgan fingerprint density at radius 1 is 1.00 bits per heavy atom. The minimum absolute atomic E-state index is 0.0674. The summed E-state index contributed by atoms with van der Waals surface area (Å²) in [7, 11) is 0. The summed E-state index contributed by atoms with van der Waals surface area (Å²) in [5, 5.41) is 0. The minimum atomic E-state index is -0.677. The Labute approximate surface area is 191 Å². The number of hydrogen-bond acceptors (Lipinski definition) is 4. The normalized spacial score (nSPS) is 24.9. The largest absolute Gasteiger partial charge is 0.338 e. The Hall–Kier alpha value is -2.47. The van der Waals surface area contributed by atoms with E-state index in [4.69, 9.17) is 0 Å². The number of imide groups is 1. The van der Waals surface area contributed by atoms with E-state index in [-0.39, 0.29) is 35.5 Å². The Morgan fingerprint density at radius 3 is 2.19 bits per heavy atom. The summed E-state index contributed by atoms with van der Waals surface area (Å²) < 4.78 is 0. The molecule has 6 nitrogen and oxygen atoms in total. The first-order valence-electron chi connectivity index (χ1n) is 11.9. The molecule has 4 rings (SSSR count). The highest BCUT2D eigenvalue weighted by Gasteiger charge is 2.51. The Kier molecular flexibility index (Phi) is 6.79. The van der Waals surface area contributed by atoms with Gasteiger partial charge in [-0.2, -0.15) is 0 Å². The van der Waals surface area contributed by atoms with E-state index in [1.165, 1.54) is 16.0 Å². The van der Waals surface area contributed by atoms with Gasteiger partial charge in [-0.25, -0.2) is 0 Å². The van der Waals surface area contributed by atoms with Crippen LogP contribution in [0.4, 0.5) is 0 Å². The van der Waals surface area contributed by atoms with Gasteiger partial charge < -0.3 is 4.90 Å².